The van der Waals surface area contributed by atoms with Crippen LogP contribution in [0.5, 0.6) is 5.75 Å². The molecule has 0 aliphatic rings. The van der Waals surface area contributed by atoms with Crippen LogP contribution < -0.4 is 0 Å². The molecule has 1 aromatic carbocycles. The first-order chi connectivity index (χ1) is 6.56. The van der Waals surface area contributed by atoms with Gasteiger partial charge in [0.25, 0.3) is 5.24 Å². The predicted molar refractivity (Wildman–Crippen MR) is 49.6 cm³/mol. The first-order valence-corrected chi connectivity index (χ1v) is 4.05. The number of aromatic hydroxyl groups is 1. The van der Waals surface area contributed by atoms with E-state index in [1.807, 2.05) is 0 Å². The Hall–Kier alpha value is -1.55. The second-order valence-corrected chi connectivity index (χ2v) is 2.84. The molecule has 0 amide bonds. The quantitative estimate of drug-likeness (QED) is 0.599. The van der Waals surface area contributed by atoms with E-state index in [1.165, 1.54) is 25.3 Å². The fraction of sp³-hybridized carbons (Fsp3) is 0.111. The van der Waals surface area contributed by atoms with Gasteiger partial charge in [0.15, 0.2) is 0 Å². The van der Waals surface area contributed by atoms with Gasteiger partial charge in [0.05, 0.1) is 18.2 Å². The van der Waals surface area contributed by atoms with Crippen LogP contribution in [0.25, 0.3) is 0 Å². The minimum atomic E-state index is -0.826. The zero-order chi connectivity index (χ0) is 10.7. The van der Waals surface area contributed by atoms with Gasteiger partial charge >= 0.3 is 5.97 Å². The maximum Gasteiger partial charge on any atom is 0.337 e. The average molecular weight is 215 g/mol. The molecular weight excluding hydrogens is 208 g/mol. The average Bonchev–Trinajstić information content (AvgIpc) is 2.17. The summed E-state index contributed by atoms with van der Waals surface area (Å²) in [5.41, 5.74) is 0.0452. The summed E-state index contributed by atoms with van der Waals surface area (Å²) in [5, 5.41) is 8.38. The molecule has 5 heteroatoms. The maximum absolute atomic E-state index is 11.0. The predicted octanol–water partition coefficient (Wildman–Crippen LogP) is 1.56. The molecule has 0 unspecified atom stereocenters. The lowest BCUT2D eigenvalue weighted by Gasteiger charge is -2.02. The summed E-state index contributed by atoms with van der Waals surface area (Å²) in [6.45, 7) is 0. The number of methoxy groups -OCH3 is 1. The van der Waals surface area contributed by atoms with E-state index in [0.717, 1.165) is 0 Å². The Labute approximate surface area is 85.1 Å². The standard InChI is InChI=1S/C9H7ClO4/c1-14-9(13)5-2-3-7(11)6(4-5)8(10)12/h2-4,11H,1H3. The molecule has 0 atom stereocenters. The highest BCUT2D eigenvalue weighted by atomic mass is 35.5. The van der Waals surface area contributed by atoms with Crippen molar-refractivity contribution in [2.24, 2.45) is 0 Å². The number of rotatable bonds is 2. The van der Waals surface area contributed by atoms with Gasteiger partial charge in [0.2, 0.25) is 0 Å². The summed E-state index contributed by atoms with van der Waals surface area (Å²) in [6.07, 6.45) is 0. The number of benzene rings is 1. The van der Waals surface area contributed by atoms with Crippen molar-refractivity contribution in [1.82, 2.24) is 0 Å². The second kappa shape index (κ2) is 4.11. The molecule has 1 aromatic rings. The number of esters is 1. The van der Waals surface area contributed by atoms with Gasteiger partial charge < -0.3 is 9.84 Å². The van der Waals surface area contributed by atoms with Crippen molar-refractivity contribution in [1.29, 1.82) is 0 Å². The van der Waals surface area contributed by atoms with Crippen molar-refractivity contribution in [3.8, 4) is 5.75 Å². The van der Waals surface area contributed by atoms with Crippen molar-refractivity contribution in [3.63, 3.8) is 0 Å². The molecule has 0 heterocycles. The van der Waals surface area contributed by atoms with E-state index >= 15 is 0 Å². The SMILES string of the molecule is COC(=O)c1ccc(O)c(C(=O)Cl)c1. The van der Waals surface area contributed by atoms with Crippen LogP contribution in [-0.4, -0.2) is 23.4 Å². The molecule has 0 saturated heterocycles. The Bertz CT molecular complexity index is 386. The van der Waals surface area contributed by atoms with Gasteiger partial charge in [0, 0.05) is 0 Å². The maximum atomic E-state index is 11.0. The number of ether oxygens (including phenoxy) is 1. The summed E-state index contributed by atoms with van der Waals surface area (Å²) < 4.78 is 4.44. The van der Waals surface area contributed by atoms with Gasteiger partial charge in [-0.2, -0.15) is 0 Å². The molecule has 1 N–H and O–H groups in total. The van der Waals surface area contributed by atoms with E-state index in [0.29, 0.717) is 0 Å². The summed E-state index contributed by atoms with van der Waals surface area (Å²) in [6, 6.07) is 3.73. The molecule has 0 aromatic heterocycles. The van der Waals surface area contributed by atoms with Crippen molar-refractivity contribution >= 4 is 22.8 Å². The Kier molecular flexibility index (Phi) is 3.09. The van der Waals surface area contributed by atoms with E-state index in [-0.39, 0.29) is 16.9 Å². The highest BCUT2D eigenvalue weighted by Gasteiger charge is 2.13. The van der Waals surface area contributed by atoms with Crippen LogP contribution in [-0.2, 0) is 4.74 Å². The molecule has 0 saturated carbocycles. The zero-order valence-corrected chi connectivity index (χ0v) is 8.04. The van der Waals surface area contributed by atoms with Gasteiger partial charge in [-0.25, -0.2) is 4.79 Å². The van der Waals surface area contributed by atoms with Crippen molar-refractivity contribution in [3.05, 3.63) is 29.3 Å². The van der Waals surface area contributed by atoms with Crippen LogP contribution in [0.15, 0.2) is 18.2 Å². The van der Waals surface area contributed by atoms with Gasteiger partial charge in [-0.15, -0.1) is 0 Å². The fourth-order valence-electron chi connectivity index (χ4n) is 0.938. The van der Waals surface area contributed by atoms with Crippen LogP contribution in [0.1, 0.15) is 20.7 Å². The zero-order valence-electron chi connectivity index (χ0n) is 7.28. The van der Waals surface area contributed by atoms with Gasteiger partial charge in [-0.1, -0.05) is 0 Å². The topological polar surface area (TPSA) is 63.6 Å². The largest absolute Gasteiger partial charge is 0.507 e. The highest BCUT2D eigenvalue weighted by Crippen LogP contribution is 2.20. The molecule has 0 aliphatic heterocycles. The molecule has 0 bridgehead atoms. The summed E-state index contributed by atoms with van der Waals surface area (Å²) >= 11 is 5.18. The minimum Gasteiger partial charge on any atom is -0.507 e. The fourth-order valence-corrected chi connectivity index (χ4v) is 1.09. The Morgan fingerprint density at radius 1 is 1.43 bits per heavy atom. The smallest absolute Gasteiger partial charge is 0.337 e. The highest BCUT2D eigenvalue weighted by molar-refractivity contribution is 6.68. The third-order valence-electron chi connectivity index (χ3n) is 1.63. The Balaban J connectivity index is 3.19. The Morgan fingerprint density at radius 2 is 2.07 bits per heavy atom. The number of phenolic OH excluding ortho intramolecular Hbond substituents is 1. The number of hydrogen-bond acceptors (Lipinski definition) is 4. The van der Waals surface area contributed by atoms with Crippen LogP contribution in [0.3, 0.4) is 0 Å². The lowest BCUT2D eigenvalue weighted by Crippen LogP contribution is -2.02. The molecule has 0 aliphatic carbocycles. The molecule has 4 nitrogen and oxygen atoms in total. The van der Waals surface area contributed by atoms with E-state index in [4.69, 9.17) is 11.6 Å². The second-order valence-electron chi connectivity index (χ2n) is 2.50. The third kappa shape index (κ3) is 2.03. The molecule has 0 fully saturated rings. The number of hydrogen-bond donors (Lipinski definition) is 1. The lowest BCUT2D eigenvalue weighted by atomic mass is 10.1. The first-order valence-electron chi connectivity index (χ1n) is 3.67. The van der Waals surface area contributed by atoms with Crippen molar-refractivity contribution in [2.45, 2.75) is 0 Å². The monoisotopic (exact) mass is 214 g/mol. The third-order valence-corrected chi connectivity index (χ3v) is 1.83. The van der Waals surface area contributed by atoms with E-state index in [2.05, 4.69) is 4.74 Å². The Morgan fingerprint density at radius 3 is 2.57 bits per heavy atom. The van der Waals surface area contributed by atoms with E-state index in [1.54, 1.807) is 0 Å². The van der Waals surface area contributed by atoms with E-state index < -0.39 is 11.2 Å². The number of carbonyl (C=O) groups is 2. The molecular formula is C9H7ClO4. The molecule has 14 heavy (non-hydrogen) atoms. The molecule has 0 radical (unpaired) electrons. The van der Waals surface area contributed by atoms with Crippen LogP contribution in [0, 0.1) is 0 Å². The van der Waals surface area contributed by atoms with Crippen LogP contribution in [0.2, 0.25) is 0 Å². The minimum absolute atomic E-state index is 0.116. The molecule has 0 spiro atoms. The summed E-state index contributed by atoms with van der Waals surface area (Å²) in [7, 11) is 1.22. The summed E-state index contributed by atoms with van der Waals surface area (Å²) in [5.74, 6) is -0.859. The van der Waals surface area contributed by atoms with E-state index in [9.17, 15) is 14.7 Å². The summed E-state index contributed by atoms with van der Waals surface area (Å²) in [4.78, 5) is 21.8. The van der Waals surface area contributed by atoms with Crippen LogP contribution >= 0.6 is 11.6 Å². The van der Waals surface area contributed by atoms with Crippen molar-refractivity contribution < 1.29 is 19.4 Å². The van der Waals surface area contributed by atoms with Gasteiger partial charge in [-0.3, -0.25) is 4.79 Å². The van der Waals surface area contributed by atoms with Gasteiger partial charge in [0.1, 0.15) is 5.75 Å². The lowest BCUT2D eigenvalue weighted by molar-refractivity contribution is 0.0600. The first kappa shape index (κ1) is 10.5. The molecule has 74 valence electrons. The molecule has 1 rings (SSSR count). The number of phenols is 1. The number of halogens is 1. The van der Waals surface area contributed by atoms with Gasteiger partial charge in [-0.05, 0) is 29.8 Å². The number of carbonyl (C=O) groups excluding carboxylic acids is 2. The van der Waals surface area contributed by atoms with Crippen molar-refractivity contribution in [2.75, 3.05) is 7.11 Å². The van der Waals surface area contributed by atoms with Crippen LogP contribution in [0.4, 0.5) is 0 Å². The normalized spacial score (nSPS) is 9.57.